The number of nitrogens with zero attached hydrogens (tertiary/aromatic N) is 1. The molecule has 4 atom stereocenters. The highest BCUT2D eigenvalue weighted by Crippen LogP contribution is 2.59. The molecule has 0 bridgehead atoms. The second-order valence-corrected chi connectivity index (χ2v) is 9.10. The molecule has 1 aromatic heterocycles. The Morgan fingerprint density at radius 1 is 1.24 bits per heavy atom. The summed E-state index contributed by atoms with van der Waals surface area (Å²) < 4.78 is 0. The van der Waals surface area contributed by atoms with Crippen LogP contribution in [0.25, 0.3) is 0 Å². The Bertz CT molecular complexity index is 987. The number of hydrogen-bond donors (Lipinski definition) is 2. The second kappa shape index (κ2) is 6.68. The van der Waals surface area contributed by atoms with E-state index in [0.29, 0.717) is 34.8 Å². The van der Waals surface area contributed by atoms with Crippen molar-refractivity contribution in [2.45, 2.75) is 51.4 Å². The average molecular weight is 390 g/mol. The number of aryl methyl sites for hydroxylation is 1. The van der Waals surface area contributed by atoms with E-state index < -0.39 is 0 Å². The number of carbonyl (C=O) groups excluding carboxylic acids is 2. The van der Waals surface area contributed by atoms with Gasteiger partial charge in [-0.1, -0.05) is 6.92 Å². The molecule has 3 aliphatic carbocycles. The van der Waals surface area contributed by atoms with Crippen LogP contribution in [0.1, 0.15) is 66.4 Å². The number of phenolic OH excluding ortho intramolecular Hbond substituents is 1. The molecule has 150 valence electrons. The number of anilines is 1. The first-order valence-corrected chi connectivity index (χ1v) is 10.6. The van der Waals surface area contributed by atoms with Gasteiger partial charge >= 0.3 is 0 Å². The van der Waals surface area contributed by atoms with Crippen molar-refractivity contribution in [1.82, 2.24) is 4.98 Å². The van der Waals surface area contributed by atoms with Gasteiger partial charge in [0, 0.05) is 24.2 Å². The van der Waals surface area contributed by atoms with Crippen LogP contribution in [0.15, 0.2) is 36.7 Å². The molecule has 0 saturated heterocycles. The monoisotopic (exact) mass is 390 g/mol. The van der Waals surface area contributed by atoms with Crippen molar-refractivity contribution in [3.05, 3.63) is 53.3 Å². The predicted molar refractivity (Wildman–Crippen MR) is 110 cm³/mol. The van der Waals surface area contributed by atoms with Gasteiger partial charge in [0.2, 0.25) is 0 Å². The van der Waals surface area contributed by atoms with Gasteiger partial charge in [0.25, 0.3) is 5.91 Å². The number of carbonyl (C=O) groups is 2. The predicted octanol–water partition coefficient (Wildman–Crippen LogP) is 4.46. The van der Waals surface area contributed by atoms with Crippen LogP contribution < -0.4 is 5.32 Å². The maximum atomic E-state index is 12.5. The van der Waals surface area contributed by atoms with E-state index in [9.17, 15) is 14.7 Å². The molecule has 2 saturated carbocycles. The first-order chi connectivity index (χ1) is 14.0. The van der Waals surface area contributed by atoms with Crippen molar-refractivity contribution < 1.29 is 14.7 Å². The molecule has 5 rings (SSSR count). The number of ketones is 1. The molecule has 0 spiro atoms. The highest BCUT2D eigenvalue weighted by molar-refractivity contribution is 6.04. The molecule has 0 aliphatic heterocycles. The average Bonchev–Trinajstić information content (AvgIpc) is 3.04. The molecule has 2 aromatic rings. The lowest BCUT2D eigenvalue weighted by Gasteiger charge is -2.48. The first kappa shape index (κ1) is 18.3. The van der Waals surface area contributed by atoms with E-state index in [1.54, 1.807) is 18.3 Å². The minimum absolute atomic E-state index is 0.108. The molecule has 1 amide bonds. The lowest BCUT2D eigenvalue weighted by Crippen LogP contribution is -2.42. The maximum absolute atomic E-state index is 12.5. The van der Waals surface area contributed by atoms with Gasteiger partial charge in [0.15, 0.2) is 0 Å². The summed E-state index contributed by atoms with van der Waals surface area (Å²) in [5, 5.41) is 13.4. The number of aromatic nitrogens is 1. The number of hydrogen-bond acceptors (Lipinski definition) is 4. The molecule has 5 heteroatoms. The highest BCUT2D eigenvalue weighted by atomic mass is 16.3. The molecule has 3 aliphatic rings. The Labute approximate surface area is 170 Å². The Morgan fingerprint density at radius 2 is 2.10 bits per heavy atom. The Hall–Kier alpha value is -2.69. The highest BCUT2D eigenvalue weighted by Gasteiger charge is 2.54. The zero-order valence-corrected chi connectivity index (χ0v) is 16.6. The van der Waals surface area contributed by atoms with Crippen LogP contribution in [-0.2, 0) is 11.2 Å². The number of fused-ring (bicyclic) bond motifs is 5. The van der Waals surface area contributed by atoms with Crippen molar-refractivity contribution >= 4 is 17.4 Å². The first-order valence-electron chi connectivity index (χ1n) is 10.6. The number of nitrogens with one attached hydrogen (secondary N) is 1. The molecule has 29 heavy (non-hydrogen) atoms. The van der Waals surface area contributed by atoms with Gasteiger partial charge in [-0.05, 0) is 85.3 Å². The van der Waals surface area contributed by atoms with E-state index in [-0.39, 0.29) is 17.1 Å². The van der Waals surface area contributed by atoms with Crippen LogP contribution in [-0.4, -0.2) is 21.8 Å². The summed E-state index contributed by atoms with van der Waals surface area (Å²) in [6.07, 6.45) is 8.80. The summed E-state index contributed by atoms with van der Waals surface area (Å²) in [5.41, 5.74) is 3.18. The van der Waals surface area contributed by atoms with Crippen LogP contribution in [0, 0.1) is 17.3 Å². The number of benzene rings is 1. The zero-order valence-electron chi connectivity index (χ0n) is 16.6. The van der Waals surface area contributed by atoms with E-state index in [4.69, 9.17) is 0 Å². The number of rotatable bonds is 2. The fraction of sp³-hybridized carbons (Fsp3) is 0.458. The van der Waals surface area contributed by atoms with E-state index in [0.717, 1.165) is 38.5 Å². The third-order valence-corrected chi connectivity index (χ3v) is 7.72. The summed E-state index contributed by atoms with van der Waals surface area (Å²) in [4.78, 5) is 29.1. The van der Waals surface area contributed by atoms with Crippen molar-refractivity contribution in [1.29, 1.82) is 0 Å². The Morgan fingerprint density at radius 3 is 2.90 bits per heavy atom. The molecule has 2 N–H and O–H groups in total. The number of Topliss-reactive ketones (excluding diaryl/α,β-unsaturated/α-hetero) is 1. The van der Waals surface area contributed by atoms with E-state index >= 15 is 0 Å². The lowest BCUT2D eigenvalue weighted by molar-refractivity contribution is -0.129. The minimum atomic E-state index is -0.279. The molecule has 2 fully saturated rings. The van der Waals surface area contributed by atoms with Crippen LogP contribution in [0.5, 0.6) is 5.75 Å². The quantitative estimate of drug-likeness (QED) is 0.742. The number of phenols is 1. The SMILES string of the molecule is C[C@]12CC[C@@H]3c4cc(NC(=O)c5cccnc5)c(O)cc4CC[C@H]3[C@@H]1CCC2=O. The smallest absolute Gasteiger partial charge is 0.257 e. The number of pyridine rings is 1. The summed E-state index contributed by atoms with van der Waals surface area (Å²) >= 11 is 0. The topological polar surface area (TPSA) is 79.3 Å². The van der Waals surface area contributed by atoms with Crippen molar-refractivity contribution in [3.63, 3.8) is 0 Å². The molecule has 1 heterocycles. The Kier molecular flexibility index (Phi) is 4.23. The van der Waals surface area contributed by atoms with Gasteiger partial charge in [-0.15, -0.1) is 0 Å². The standard InChI is InChI=1S/C24H26N2O3/c1-24-9-8-16-17(19(24)6-7-22(24)28)5-4-14-11-21(27)20(12-18(14)16)26-23(29)15-3-2-10-25-13-15/h2-3,10-13,16-17,19,27H,4-9H2,1H3,(H,26,29)/t16-,17+,19-,24-/m0/s1. The third-order valence-electron chi connectivity index (χ3n) is 7.72. The summed E-state index contributed by atoms with van der Waals surface area (Å²) in [6.45, 7) is 2.18. The van der Waals surface area contributed by atoms with Crippen molar-refractivity contribution in [2.75, 3.05) is 5.32 Å². The molecular formula is C24H26N2O3. The van der Waals surface area contributed by atoms with Crippen LogP contribution >= 0.6 is 0 Å². The minimum Gasteiger partial charge on any atom is -0.506 e. The Balaban J connectivity index is 1.46. The van der Waals surface area contributed by atoms with Crippen LogP contribution in [0.4, 0.5) is 5.69 Å². The number of amides is 1. The van der Waals surface area contributed by atoms with E-state index in [1.807, 2.05) is 12.1 Å². The van der Waals surface area contributed by atoms with Gasteiger partial charge in [-0.3, -0.25) is 14.6 Å². The molecule has 0 radical (unpaired) electrons. The molecule has 0 unspecified atom stereocenters. The fourth-order valence-electron chi connectivity index (χ4n) is 6.17. The van der Waals surface area contributed by atoms with Crippen molar-refractivity contribution in [3.8, 4) is 5.75 Å². The van der Waals surface area contributed by atoms with Gasteiger partial charge in [-0.25, -0.2) is 0 Å². The summed E-state index contributed by atoms with van der Waals surface area (Å²) in [6, 6.07) is 7.20. The summed E-state index contributed by atoms with van der Waals surface area (Å²) in [7, 11) is 0. The fourth-order valence-corrected chi connectivity index (χ4v) is 6.17. The van der Waals surface area contributed by atoms with E-state index in [1.165, 1.54) is 17.3 Å². The zero-order chi connectivity index (χ0) is 20.2. The van der Waals surface area contributed by atoms with Gasteiger partial charge in [0.05, 0.1) is 11.3 Å². The third kappa shape index (κ3) is 2.86. The molecular weight excluding hydrogens is 364 g/mol. The molecule has 1 aromatic carbocycles. The molecule has 5 nitrogen and oxygen atoms in total. The van der Waals surface area contributed by atoms with Crippen molar-refractivity contribution in [2.24, 2.45) is 17.3 Å². The van der Waals surface area contributed by atoms with E-state index in [2.05, 4.69) is 17.2 Å². The summed E-state index contributed by atoms with van der Waals surface area (Å²) in [5.74, 6) is 1.65. The largest absolute Gasteiger partial charge is 0.506 e. The second-order valence-electron chi connectivity index (χ2n) is 9.10. The van der Waals surface area contributed by atoms with Crippen LogP contribution in [0.3, 0.4) is 0 Å². The lowest BCUT2D eigenvalue weighted by atomic mass is 9.55. The normalized spacial score (nSPS) is 30.2. The van der Waals surface area contributed by atoms with Crippen LogP contribution in [0.2, 0.25) is 0 Å². The van der Waals surface area contributed by atoms with Gasteiger partial charge in [-0.2, -0.15) is 0 Å². The van der Waals surface area contributed by atoms with Gasteiger partial charge in [0.1, 0.15) is 11.5 Å². The van der Waals surface area contributed by atoms with Gasteiger partial charge < -0.3 is 10.4 Å². The number of aromatic hydroxyl groups is 1. The maximum Gasteiger partial charge on any atom is 0.257 e.